The van der Waals surface area contributed by atoms with Gasteiger partial charge in [-0.3, -0.25) is 0 Å². The van der Waals surface area contributed by atoms with Gasteiger partial charge in [0.2, 0.25) is 0 Å². The summed E-state index contributed by atoms with van der Waals surface area (Å²) in [5.41, 5.74) is 7.87. The summed E-state index contributed by atoms with van der Waals surface area (Å²) in [6.45, 7) is 2.04. The van der Waals surface area contributed by atoms with Crippen molar-refractivity contribution in [3.05, 3.63) is 53.7 Å². The maximum atomic E-state index is 3.57. The van der Waals surface area contributed by atoms with Crippen LogP contribution in [0.2, 0.25) is 0 Å². The predicted molar refractivity (Wildman–Crippen MR) is 93.5 cm³/mol. The molecule has 0 radical (unpaired) electrons. The lowest BCUT2D eigenvalue weighted by Gasteiger charge is -2.13. The Morgan fingerprint density at radius 3 is 2.50 bits per heavy atom. The number of rotatable bonds is 2. The predicted octanol–water partition coefficient (Wildman–Crippen LogP) is 3.55. The van der Waals surface area contributed by atoms with E-state index in [0.717, 1.165) is 19.5 Å². The van der Waals surface area contributed by atoms with E-state index in [4.69, 9.17) is 0 Å². The van der Waals surface area contributed by atoms with Gasteiger partial charge in [0.25, 0.3) is 0 Å². The molecule has 4 rings (SSSR count). The molecule has 0 amide bonds. The molecule has 3 aromatic rings. The fraction of sp³-hybridized carbons (Fsp3) is 0.263. The van der Waals surface area contributed by atoms with Crippen LogP contribution in [0.1, 0.15) is 11.3 Å². The summed E-state index contributed by atoms with van der Waals surface area (Å²) >= 11 is 0. The van der Waals surface area contributed by atoms with E-state index in [9.17, 15) is 0 Å². The zero-order chi connectivity index (χ0) is 15.1. The van der Waals surface area contributed by atoms with E-state index in [-0.39, 0.29) is 0 Å². The molecule has 0 saturated carbocycles. The van der Waals surface area contributed by atoms with Gasteiger partial charge in [0.1, 0.15) is 0 Å². The van der Waals surface area contributed by atoms with E-state index in [1.54, 1.807) is 0 Å². The quantitative estimate of drug-likeness (QED) is 0.756. The van der Waals surface area contributed by atoms with Crippen LogP contribution in [0.3, 0.4) is 0 Å². The first-order valence-electron chi connectivity index (χ1n) is 7.84. The maximum absolute atomic E-state index is 3.57. The van der Waals surface area contributed by atoms with E-state index in [1.165, 1.54) is 39.0 Å². The maximum Gasteiger partial charge on any atom is 0.0459 e. The molecule has 2 N–H and O–H groups in total. The molecule has 3 heteroatoms. The number of hydrogen-bond donors (Lipinski definition) is 2. The van der Waals surface area contributed by atoms with Crippen molar-refractivity contribution in [3.8, 4) is 11.1 Å². The number of fused-ring (bicyclic) bond motifs is 3. The van der Waals surface area contributed by atoms with Gasteiger partial charge in [-0.2, -0.15) is 0 Å². The molecule has 1 aliphatic heterocycles. The van der Waals surface area contributed by atoms with Gasteiger partial charge < -0.3 is 15.2 Å². The Morgan fingerprint density at radius 1 is 0.955 bits per heavy atom. The largest absolute Gasteiger partial charge is 0.378 e. The van der Waals surface area contributed by atoms with Crippen molar-refractivity contribution in [2.24, 2.45) is 0 Å². The van der Waals surface area contributed by atoms with Crippen LogP contribution in [-0.4, -0.2) is 25.6 Å². The van der Waals surface area contributed by atoms with E-state index in [0.29, 0.717) is 0 Å². The molecule has 1 aliphatic rings. The first kappa shape index (κ1) is 13.4. The molecule has 2 heterocycles. The summed E-state index contributed by atoms with van der Waals surface area (Å²) in [6, 6.07) is 15.5. The monoisotopic (exact) mass is 291 g/mol. The standard InChI is InChI=1S/C19H21N3/c1-22(2)15-6-3-13(4-7-15)14-5-8-18-16(11-14)17-12-20-10-9-19(17)21-18/h3-8,11,20-21H,9-10,12H2,1-2H3. The third-order valence-electron chi connectivity index (χ3n) is 4.57. The van der Waals surface area contributed by atoms with E-state index < -0.39 is 0 Å². The van der Waals surface area contributed by atoms with E-state index in [2.05, 4.69) is 71.8 Å². The van der Waals surface area contributed by atoms with Gasteiger partial charge in [-0.05, 0) is 41.0 Å². The first-order chi connectivity index (χ1) is 10.7. The fourth-order valence-corrected chi connectivity index (χ4v) is 3.28. The van der Waals surface area contributed by atoms with E-state index in [1.807, 2.05) is 0 Å². The number of H-pyrrole nitrogens is 1. The first-order valence-corrected chi connectivity index (χ1v) is 7.84. The minimum atomic E-state index is 0.971. The average Bonchev–Trinajstić information content (AvgIpc) is 2.92. The van der Waals surface area contributed by atoms with Crippen LogP contribution in [0.5, 0.6) is 0 Å². The van der Waals surface area contributed by atoms with Crippen LogP contribution in [0.25, 0.3) is 22.0 Å². The highest BCUT2D eigenvalue weighted by atomic mass is 15.1. The van der Waals surface area contributed by atoms with Crippen molar-refractivity contribution >= 4 is 16.6 Å². The normalized spacial score (nSPS) is 14.1. The molecule has 0 aliphatic carbocycles. The lowest BCUT2D eigenvalue weighted by molar-refractivity contribution is 0.641. The molecular formula is C19H21N3. The second-order valence-corrected chi connectivity index (χ2v) is 6.21. The van der Waals surface area contributed by atoms with Gasteiger partial charge in [0, 0.05) is 55.9 Å². The van der Waals surface area contributed by atoms with Gasteiger partial charge in [-0.25, -0.2) is 0 Å². The lowest BCUT2D eigenvalue weighted by Crippen LogP contribution is -2.22. The molecule has 0 spiro atoms. The smallest absolute Gasteiger partial charge is 0.0459 e. The topological polar surface area (TPSA) is 31.1 Å². The van der Waals surface area contributed by atoms with Crippen molar-refractivity contribution in [1.82, 2.24) is 10.3 Å². The van der Waals surface area contributed by atoms with Crippen LogP contribution in [-0.2, 0) is 13.0 Å². The molecule has 0 atom stereocenters. The zero-order valence-corrected chi connectivity index (χ0v) is 13.1. The number of anilines is 1. The van der Waals surface area contributed by atoms with Crippen molar-refractivity contribution in [2.45, 2.75) is 13.0 Å². The van der Waals surface area contributed by atoms with Crippen molar-refractivity contribution in [1.29, 1.82) is 0 Å². The minimum Gasteiger partial charge on any atom is -0.378 e. The minimum absolute atomic E-state index is 0.971. The molecule has 3 nitrogen and oxygen atoms in total. The highest BCUT2D eigenvalue weighted by Gasteiger charge is 2.15. The lowest BCUT2D eigenvalue weighted by atomic mass is 10.0. The number of aromatic amines is 1. The third-order valence-corrected chi connectivity index (χ3v) is 4.57. The van der Waals surface area contributed by atoms with E-state index >= 15 is 0 Å². The molecule has 0 saturated heterocycles. The van der Waals surface area contributed by atoms with Crippen molar-refractivity contribution < 1.29 is 0 Å². The van der Waals surface area contributed by atoms with Crippen LogP contribution in [0.4, 0.5) is 5.69 Å². The molecule has 0 unspecified atom stereocenters. The second kappa shape index (κ2) is 5.18. The number of aromatic nitrogens is 1. The summed E-state index contributed by atoms with van der Waals surface area (Å²) in [4.78, 5) is 5.70. The molecule has 112 valence electrons. The van der Waals surface area contributed by atoms with Crippen LogP contribution < -0.4 is 10.2 Å². The second-order valence-electron chi connectivity index (χ2n) is 6.21. The van der Waals surface area contributed by atoms with Gasteiger partial charge in [0.05, 0.1) is 0 Å². The summed E-state index contributed by atoms with van der Waals surface area (Å²) in [5, 5.41) is 4.83. The molecule has 1 aromatic heterocycles. The molecule has 2 aromatic carbocycles. The van der Waals surface area contributed by atoms with Crippen molar-refractivity contribution in [2.75, 3.05) is 25.5 Å². The molecule has 22 heavy (non-hydrogen) atoms. The summed E-state index contributed by atoms with van der Waals surface area (Å²) < 4.78 is 0. The Labute approximate surface area is 131 Å². The fourth-order valence-electron chi connectivity index (χ4n) is 3.28. The van der Waals surface area contributed by atoms with Crippen LogP contribution in [0.15, 0.2) is 42.5 Å². The summed E-state index contributed by atoms with van der Waals surface area (Å²) in [5.74, 6) is 0. The number of nitrogens with one attached hydrogen (secondary N) is 2. The number of hydrogen-bond acceptors (Lipinski definition) is 2. The molecular weight excluding hydrogens is 270 g/mol. The summed E-state index contributed by atoms with van der Waals surface area (Å²) in [7, 11) is 4.14. The van der Waals surface area contributed by atoms with Gasteiger partial charge in [-0.1, -0.05) is 18.2 Å². The highest BCUT2D eigenvalue weighted by Crippen LogP contribution is 2.30. The number of benzene rings is 2. The van der Waals surface area contributed by atoms with Gasteiger partial charge >= 0.3 is 0 Å². The average molecular weight is 291 g/mol. The highest BCUT2D eigenvalue weighted by molar-refractivity contribution is 5.89. The Bertz CT molecular complexity index is 813. The Kier molecular flexibility index (Phi) is 3.16. The number of nitrogens with zero attached hydrogens (tertiary/aromatic N) is 1. The Balaban J connectivity index is 1.78. The SMILES string of the molecule is CN(C)c1ccc(-c2ccc3[nH]c4c(c3c2)CNCC4)cc1. The Hall–Kier alpha value is -2.26. The van der Waals surface area contributed by atoms with Gasteiger partial charge in [0.15, 0.2) is 0 Å². The van der Waals surface area contributed by atoms with Crippen molar-refractivity contribution in [3.63, 3.8) is 0 Å². The Morgan fingerprint density at radius 2 is 1.73 bits per heavy atom. The molecule has 0 fully saturated rings. The van der Waals surface area contributed by atoms with Gasteiger partial charge in [-0.15, -0.1) is 0 Å². The van der Waals surface area contributed by atoms with Crippen LogP contribution >= 0.6 is 0 Å². The molecule has 0 bridgehead atoms. The third kappa shape index (κ3) is 2.18. The summed E-state index contributed by atoms with van der Waals surface area (Å²) in [6.07, 6.45) is 1.09. The zero-order valence-electron chi connectivity index (χ0n) is 13.1. The van der Waals surface area contributed by atoms with Crippen LogP contribution in [0, 0.1) is 0 Å².